The van der Waals surface area contributed by atoms with E-state index in [0.717, 1.165) is 42.3 Å². The van der Waals surface area contributed by atoms with E-state index in [4.69, 9.17) is 11.6 Å². The molecule has 1 saturated carbocycles. The molecule has 1 fully saturated rings. The number of rotatable bonds is 3. The third-order valence-corrected chi connectivity index (χ3v) is 4.76. The van der Waals surface area contributed by atoms with Gasteiger partial charge in [0.15, 0.2) is 0 Å². The standard InChI is InChI=1S/C18H22ClN3O/c1-22(2)18(23)12-4-3-5-14(10-12)21-16-8-9-20-17-11-13(19)6-7-15(16)17/h6-9,11-12,14H,3-5,10H2,1-2H3,(H,20,21). The molecule has 3 rings (SSSR count). The van der Waals surface area contributed by atoms with Crippen molar-refractivity contribution in [1.29, 1.82) is 0 Å². The van der Waals surface area contributed by atoms with Crippen LogP contribution >= 0.6 is 11.6 Å². The van der Waals surface area contributed by atoms with Gasteiger partial charge in [0.05, 0.1) is 5.52 Å². The van der Waals surface area contributed by atoms with Crippen LogP contribution in [0.15, 0.2) is 30.5 Å². The molecule has 0 spiro atoms. The number of halogens is 1. The Morgan fingerprint density at radius 2 is 2.13 bits per heavy atom. The van der Waals surface area contributed by atoms with Gasteiger partial charge in [-0.15, -0.1) is 0 Å². The molecule has 0 aliphatic heterocycles. The van der Waals surface area contributed by atoms with Gasteiger partial charge < -0.3 is 10.2 Å². The van der Waals surface area contributed by atoms with E-state index in [1.807, 2.05) is 38.4 Å². The number of carbonyl (C=O) groups excluding carboxylic acids is 1. The summed E-state index contributed by atoms with van der Waals surface area (Å²) < 4.78 is 0. The predicted molar refractivity (Wildman–Crippen MR) is 94.8 cm³/mol. The number of anilines is 1. The molecule has 1 aromatic carbocycles. The molecule has 2 atom stereocenters. The Labute approximate surface area is 141 Å². The van der Waals surface area contributed by atoms with Crippen LogP contribution in [0.2, 0.25) is 5.02 Å². The monoisotopic (exact) mass is 331 g/mol. The summed E-state index contributed by atoms with van der Waals surface area (Å²) in [7, 11) is 3.67. The van der Waals surface area contributed by atoms with Crippen LogP contribution in [0.1, 0.15) is 25.7 Å². The Bertz CT molecular complexity index is 716. The van der Waals surface area contributed by atoms with E-state index in [9.17, 15) is 4.79 Å². The average Bonchev–Trinajstić information content (AvgIpc) is 2.54. The molecule has 2 unspecified atom stereocenters. The molecule has 4 nitrogen and oxygen atoms in total. The summed E-state index contributed by atoms with van der Waals surface area (Å²) in [6, 6.07) is 8.07. The lowest BCUT2D eigenvalue weighted by molar-refractivity contribution is -0.134. The van der Waals surface area contributed by atoms with E-state index in [2.05, 4.69) is 10.3 Å². The normalized spacial score (nSPS) is 21.2. The van der Waals surface area contributed by atoms with E-state index in [1.165, 1.54) is 0 Å². The van der Waals surface area contributed by atoms with E-state index in [1.54, 1.807) is 11.1 Å². The zero-order chi connectivity index (χ0) is 16.4. The van der Waals surface area contributed by atoms with Crippen LogP contribution in [-0.2, 0) is 4.79 Å². The molecule has 0 saturated heterocycles. The van der Waals surface area contributed by atoms with Gasteiger partial charge in [-0.25, -0.2) is 0 Å². The summed E-state index contributed by atoms with van der Waals surface area (Å²) in [5.74, 6) is 0.363. The molecule has 1 N–H and O–H groups in total. The molecule has 1 aromatic heterocycles. The summed E-state index contributed by atoms with van der Waals surface area (Å²) in [6.45, 7) is 0. The number of amides is 1. The van der Waals surface area contributed by atoms with Gasteiger partial charge in [-0.3, -0.25) is 9.78 Å². The molecule has 0 radical (unpaired) electrons. The SMILES string of the molecule is CN(C)C(=O)C1CCCC(Nc2ccnc3cc(Cl)ccc23)C1. The summed E-state index contributed by atoms with van der Waals surface area (Å²) in [4.78, 5) is 18.3. The summed E-state index contributed by atoms with van der Waals surface area (Å²) in [6.07, 6.45) is 5.84. The molecule has 1 amide bonds. The molecule has 2 aromatic rings. The average molecular weight is 332 g/mol. The first-order chi connectivity index (χ1) is 11.0. The van der Waals surface area contributed by atoms with Crippen molar-refractivity contribution < 1.29 is 4.79 Å². The van der Waals surface area contributed by atoms with Gasteiger partial charge in [-0.05, 0) is 43.5 Å². The topological polar surface area (TPSA) is 45.2 Å². The number of hydrogen-bond donors (Lipinski definition) is 1. The number of nitrogens with zero attached hydrogens (tertiary/aromatic N) is 2. The third-order valence-electron chi connectivity index (χ3n) is 4.53. The number of aromatic nitrogens is 1. The third kappa shape index (κ3) is 3.58. The Kier molecular flexibility index (Phi) is 4.71. The molecule has 0 bridgehead atoms. The quantitative estimate of drug-likeness (QED) is 0.926. The number of pyridine rings is 1. The first-order valence-electron chi connectivity index (χ1n) is 8.06. The maximum atomic E-state index is 12.2. The molecule has 23 heavy (non-hydrogen) atoms. The summed E-state index contributed by atoms with van der Waals surface area (Å²) in [5.41, 5.74) is 1.95. The molecule has 1 aliphatic carbocycles. The number of carbonyl (C=O) groups is 1. The summed E-state index contributed by atoms with van der Waals surface area (Å²) >= 11 is 6.04. The number of fused-ring (bicyclic) bond motifs is 1. The maximum absolute atomic E-state index is 12.2. The second-order valence-corrected chi connectivity index (χ2v) is 6.89. The van der Waals surface area contributed by atoms with Crippen LogP contribution in [-0.4, -0.2) is 35.9 Å². The van der Waals surface area contributed by atoms with Crippen molar-refractivity contribution in [2.24, 2.45) is 5.92 Å². The molecule has 1 aliphatic rings. The van der Waals surface area contributed by atoms with Crippen molar-refractivity contribution in [3.63, 3.8) is 0 Å². The Morgan fingerprint density at radius 3 is 2.91 bits per heavy atom. The highest BCUT2D eigenvalue weighted by Gasteiger charge is 2.28. The lowest BCUT2D eigenvalue weighted by Crippen LogP contribution is -2.36. The van der Waals surface area contributed by atoms with E-state index in [-0.39, 0.29) is 11.8 Å². The molecular formula is C18H22ClN3O. The number of nitrogens with one attached hydrogen (secondary N) is 1. The second-order valence-electron chi connectivity index (χ2n) is 6.46. The van der Waals surface area contributed by atoms with Gasteiger partial charge in [0, 0.05) is 48.3 Å². The van der Waals surface area contributed by atoms with Crippen LogP contribution in [0, 0.1) is 5.92 Å². The number of hydrogen-bond acceptors (Lipinski definition) is 3. The highest BCUT2D eigenvalue weighted by molar-refractivity contribution is 6.31. The fraction of sp³-hybridized carbons (Fsp3) is 0.444. The van der Waals surface area contributed by atoms with E-state index in [0.29, 0.717) is 11.1 Å². The minimum Gasteiger partial charge on any atom is -0.382 e. The Morgan fingerprint density at radius 1 is 1.30 bits per heavy atom. The van der Waals surface area contributed by atoms with E-state index >= 15 is 0 Å². The molecule has 1 heterocycles. The van der Waals surface area contributed by atoms with Crippen molar-refractivity contribution in [2.75, 3.05) is 19.4 Å². The first kappa shape index (κ1) is 16.1. The van der Waals surface area contributed by atoms with Crippen molar-refractivity contribution in [1.82, 2.24) is 9.88 Å². The fourth-order valence-electron chi connectivity index (χ4n) is 3.38. The van der Waals surface area contributed by atoms with Gasteiger partial charge in [0.25, 0.3) is 0 Å². The zero-order valence-corrected chi connectivity index (χ0v) is 14.3. The maximum Gasteiger partial charge on any atom is 0.225 e. The van der Waals surface area contributed by atoms with Crippen molar-refractivity contribution >= 4 is 34.1 Å². The van der Waals surface area contributed by atoms with Gasteiger partial charge >= 0.3 is 0 Å². The largest absolute Gasteiger partial charge is 0.382 e. The van der Waals surface area contributed by atoms with Crippen LogP contribution in [0.25, 0.3) is 10.9 Å². The van der Waals surface area contributed by atoms with Gasteiger partial charge in [0.2, 0.25) is 5.91 Å². The minimum absolute atomic E-state index is 0.124. The highest BCUT2D eigenvalue weighted by Crippen LogP contribution is 2.30. The van der Waals surface area contributed by atoms with Crippen molar-refractivity contribution in [2.45, 2.75) is 31.7 Å². The molecular weight excluding hydrogens is 310 g/mol. The van der Waals surface area contributed by atoms with Crippen LogP contribution in [0.5, 0.6) is 0 Å². The smallest absolute Gasteiger partial charge is 0.225 e. The van der Waals surface area contributed by atoms with Crippen LogP contribution in [0.3, 0.4) is 0 Å². The fourth-order valence-corrected chi connectivity index (χ4v) is 3.54. The predicted octanol–water partition coefficient (Wildman–Crippen LogP) is 3.95. The van der Waals surface area contributed by atoms with Gasteiger partial charge in [0.1, 0.15) is 0 Å². The van der Waals surface area contributed by atoms with Crippen molar-refractivity contribution in [3.8, 4) is 0 Å². The molecule has 5 heteroatoms. The van der Waals surface area contributed by atoms with Gasteiger partial charge in [-0.1, -0.05) is 18.0 Å². The first-order valence-corrected chi connectivity index (χ1v) is 8.44. The van der Waals surface area contributed by atoms with Crippen LogP contribution in [0.4, 0.5) is 5.69 Å². The van der Waals surface area contributed by atoms with Crippen molar-refractivity contribution in [3.05, 3.63) is 35.5 Å². The molecule has 122 valence electrons. The lowest BCUT2D eigenvalue weighted by atomic mass is 9.84. The zero-order valence-electron chi connectivity index (χ0n) is 13.6. The van der Waals surface area contributed by atoms with Gasteiger partial charge in [-0.2, -0.15) is 0 Å². The number of benzene rings is 1. The second kappa shape index (κ2) is 6.75. The Balaban J connectivity index is 1.78. The Hall–Kier alpha value is -1.81. The highest BCUT2D eigenvalue weighted by atomic mass is 35.5. The minimum atomic E-state index is 0.124. The summed E-state index contributed by atoms with van der Waals surface area (Å²) in [5, 5.41) is 5.37. The van der Waals surface area contributed by atoms with Crippen LogP contribution < -0.4 is 5.32 Å². The van der Waals surface area contributed by atoms with E-state index < -0.39 is 0 Å². The lowest BCUT2D eigenvalue weighted by Gasteiger charge is -2.31.